The molecule has 0 saturated carbocycles. The summed E-state index contributed by atoms with van der Waals surface area (Å²) in [5.41, 5.74) is 3.40. The molecule has 0 saturated heterocycles. The van der Waals surface area contributed by atoms with Crippen molar-refractivity contribution in [3.8, 4) is 0 Å². The van der Waals surface area contributed by atoms with Gasteiger partial charge in [0.2, 0.25) is 0 Å². The molecule has 0 atom stereocenters. The van der Waals surface area contributed by atoms with E-state index >= 15 is 0 Å². The van der Waals surface area contributed by atoms with Crippen molar-refractivity contribution < 1.29 is 4.79 Å². The second kappa shape index (κ2) is 5.19. The summed E-state index contributed by atoms with van der Waals surface area (Å²) in [5.74, 6) is -0.149. The molecule has 0 aliphatic rings. The molecule has 4 heteroatoms. The van der Waals surface area contributed by atoms with Gasteiger partial charge in [0.05, 0.1) is 0 Å². The van der Waals surface area contributed by atoms with Crippen LogP contribution in [0, 0.1) is 13.8 Å². The van der Waals surface area contributed by atoms with E-state index in [1.165, 1.54) is 0 Å². The first-order valence-corrected chi connectivity index (χ1v) is 5.93. The number of aromatic nitrogens is 1. The van der Waals surface area contributed by atoms with Crippen molar-refractivity contribution in [2.75, 3.05) is 5.32 Å². The highest BCUT2D eigenvalue weighted by atomic mass is 35.5. The van der Waals surface area contributed by atoms with Crippen LogP contribution in [0.3, 0.4) is 0 Å². The smallest absolute Gasteiger partial charge is 0.255 e. The van der Waals surface area contributed by atoms with Crippen molar-refractivity contribution in [3.05, 3.63) is 58.4 Å². The molecule has 0 spiro atoms. The molecule has 2 aromatic rings. The van der Waals surface area contributed by atoms with Gasteiger partial charge in [-0.3, -0.25) is 4.79 Å². The summed E-state index contributed by atoms with van der Waals surface area (Å²) in [4.78, 5) is 15.9. The Balaban J connectivity index is 2.22. The first-order chi connectivity index (χ1) is 8.54. The number of rotatable bonds is 2. The monoisotopic (exact) mass is 260 g/mol. The molecular weight excluding hydrogens is 248 g/mol. The fourth-order valence-corrected chi connectivity index (χ4v) is 1.96. The van der Waals surface area contributed by atoms with E-state index in [0.717, 1.165) is 11.1 Å². The molecule has 1 aromatic carbocycles. The second-order valence-corrected chi connectivity index (χ2v) is 4.59. The van der Waals surface area contributed by atoms with Crippen LogP contribution in [0.1, 0.15) is 21.5 Å². The molecule has 0 unspecified atom stereocenters. The number of aryl methyl sites for hydroxylation is 2. The molecule has 3 nitrogen and oxygen atoms in total. The number of pyridine rings is 1. The molecule has 0 aliphatic heterocycles. The van der Waals surface area contributed by atoms with Crippen LogP contribution >= 0.6 is 11.6 Å². The zero-order valence-electron chi connectivity index (χ0n) is 10.2. The van der Waals surface area contributed by atoms with Crippen molar-refractivity contribution in [2.24, 2.45) is 0 Å². The number of hydrogen-bond acceptors (Lipinski definition) is 2. The standard InChI is InChI=1S/C14H13ClN2O/c1-9-5-10(2)7-11(6-9)14(18)17-12-3-4-16-13(15)8-12/h3-8H,1-2H3,(H,16,17,18). The Morgan fingerprint density at radius 3 is 2.44 bits per heavy atom. The fraction of sp³-hybridized carbons (Fsp3) is 0.143. The highest BCUT2D eigenvalue weighted by Gasteiger charge is 2.07. The molecular formula is C14H13ClN2O. The van der Waals surface area contributed by atoms with Crippen LogP contribution in [0.2, 0.25) is 5.15 Å². The third-order valence-electron chi connectivity index (χ3n) is 2.47. The third-order valence-corrected chi connectivity index (χ3v) is 2.68. The Morgan fingerprint density at radius 2 is 1.83 bits per heavy atom. The number of halogens is 1. The maximum Gasteiger partial charge on any atom is 0.255 e. The fourth-order valence-electron chi connectivity index (χ4n) is 1.79. The Labute approximate surface area is 111 Å². The van der Waals surface area contributed by atoms with Crippen molar-refractivity contribution in [3.63, 3.8) is 0 Å². The molecule has 1 heterocycles. The Kier molecular flexibility index (Phi) is 3.63. The van der Waals surface area contributed by atoms with Gasteiger partial charge in [0, 0.05) is 17.4 Å². The maximum atomic E-state index is 12.1. The van der Waals surface area contributed by atoms with Gasteiger partial charge >= 0.3 is 0 Å². The van der Waals surface area contributed by atoms with Crippen molar-refractivity contribution in [1.82, 2.24) is 4.98 Å². The SMILES string of the molecule is Cc1cc(C)cc(C(=O)Nc2ccnc(Cl)c2)c1. The van der Waals surface area contributed by atoms with Gasteiger partial charge in [-0.15, -0.1) is 0 Å². The van der Waals surface area contributed by atoms with Crippen LogP contribution in [0.5, 0.6) is 0 Å². The summed E-state index contributed by atoms with van der Waals surface area (Å²) in [6.07, 6.45) is 1.56. The van der Waals surface area contributed by atoms with Gasteiger partial charge < -0.3 is 5.32 Å². The number of hydrogen-bond donors (Lipinski definition) is 1. The molecule has 1 aromatic heterocycles. The lowest BCUT2D eigenvalue weighted by atomic mass is 10.1. The number of carbonyl (C=O) groups is 1. The van der Waals surface area contributed by atoms with E-state index in [0.29, 0.717) is 16.4 Å². The Morgan fingerprint density at radius 1 is 1.17 bits per heavy atom. The van der Waals surface area contributed by atoms with E-state index in [-0.39, 0.29) is 5.91 Å². The lowest BCUT2D eigenvalue weighted by molar-refractivity contribution is 0.102. The summed E-state index contributed by atoms with van der Waals surface area (Å²) in [7, 11) is 0. The molecule has 2 rings (SSSR count). The summed E-state index contributed by atoms with van der Waals surface area (Å²) in [5, 5.41) is 3.14. The number of nitrogens with one attached hydrogen (secondary N) is 1. The van der Waals surface area contributed by atoms with E-state index in [1.807, 2.05) is 32.0 Å². The first-order valence-electron chi connectivity index (χ1n) is 5.56. The average molecular weight is 261 g/mol. The molecule has 1 amide bonds. The maximum absolute atomic E-state index is 12.1. The highest BCUT2D eigenvalue weighted by molar-refractivity contribution is 6.29. The molecule has 0 aliphatic carbocycles. The topological polar surface area (TPSA) is 42.0 Å². The van der Waals surface area contributed by atoms with Crippen LogP contribution in [0.4, 0.5) is 5.69 Å². The van der Waals surface area contributed by atoms with Crippen molar-refractivity contribution in [1.29, 1.82) is 0 Å². The molecule has 0 bridgehead atoms. The molecule has 1 N–H and O–H groups in total. The van der Waals surface area contributed by atoms with E-state index < -0.39 is 0 Å². The molecule has 18 heavy (non-hydrogen) atoms. The van der Waals surface area contributed by atoms with Gasteiger partial charge in [-0.05, 0) is 38.1 Å². The lowest BCUT2D eigenvalue weighted by Crippen LogP contribution is -2.12. The zero-order chi connectivity index (χ0) is 13.1. The Hall–Kier alpha value is -1.87. The predicted octanol–water partition coefficient (Wildman–Crippen LogP) is 3.60. The van der Waals surface area contributed by atoms with E-state index in [1.54, 1.807) is 18.3 Å². The number of anilines is 1. The number of amides is 1. The minimum absolute atomic E-state index is 0.149. The molecule has 0 fully saturated rings. The minimum atomic E-state index is -0.149. The highest BCUT2D eigenvalue weighted by Crippen LogP contribution is 2.15. The summed E-state index contributed by atoms with van der Waals surface area (Å²) in [6.45, 7) is 3.93. The van der Waals surface area contributed by atoms with E-state index in [2.05, 4.69) is 10.3 Å². The predicted molar refractivity (Wildman–Crippen MR) is 73.1 cm³/mol. The van der Waals surface area contributed by atoms with E-state index in [9.17, 15) is 4.79 Å². The van der Waals surface area contributed by atoms with Gasteiger partial charge in [0.25, 0.3) is 5.91 Å². The van der Waals surface area contributed by atoms with Crippen LogP contribution in [-0.4, -0.2) is 10.9 Å². The summed E-state index contributed by atoms with van der Waals surface area (Å²) in [6, 6.07) is 9.05. The van der Waals surface area contributed by atoms with Gasteiger partial charge in [-0.2, -0.15) is 0 Å². The molecule has 0 radical (unpaired) electrons. The van der Waals surface area contributed by atoms with Crippen molar-refractivity contribution in [2.45, 2.75) is 13.8 Å². The van der Waals surface area contributed by atoms with Crippen molar-refractivity contribution >= 4 is 23.2 Å². The second-order valence-electron chi connectivity index (χ2n) is 4.20. The third kappa shape index (κ3) is 3.08. The summed E-state index contributed by atoms with van der Waals surface area (Å²) < 4.78 is 0. The zero-order valence-corrected chi connectivity index (χ0v) is 11.0. The minimum Gasteiger partial charge on any atom is -0.322 e. The van der Waals surface area contributed by atoms with Gasteiger partial charge in [-0.25, -0.2) is 4.98 Å². The number of carbonyl (C=O) groups excluding carboxylic acids is 1. The van der Waals surface area contributed by atoms with Crippen LogP contribution in [-0.2, 0) is 0 Å². The van der Waals surface area contributed by atoms with Crippen LogP contribution in [0.15, 0.2) is 36.5 Å². The van der Waals surface area contributed by atoms with Crippen LogP contribution in [0.25, 0.3) is 0 Å². The van der Waals surface area contributed by atoms with Gasteiger partial charge in [-0.1, -0.05) is 28.8 Å². The quantitative estimate of drug-likeness (QED) is 0.839. The normalized spacial score (nSPS) is 10.2. The first kappa shape index (κ1) is 12.6. The number of nitrogens with zero attached hydrogens (tertiary/aromatic N) is 1. The lowest BCUT2D eigenvalue weighted by Gasteiger charge is -2.07. The number of benzene rings is 1. The van der Waals surface area contributed by atoms with Crippen LogP contribution < -0.4 is 5.32 Å². The molecule has 92 valence electrons. The largest absolute Gasteiger partial charge is 0.322 e. The van der Waals surface area contributed by atoms with Gasteiger partial charge in [0.1, 0.15) is 5.15 Å². The van der Waals surface area contributed by atoms with Gasteiger partial charge in [0.15, 0.2) is 0 Å². The average Bonchev–Trinajstić information content (AvgIpc) is 2.27. The summed E-state index contributed by atoms with van der Waals surface area (Å²) >= 11 is 5.76. The van der Waals surface area contributed by atoms with E-state index in [4.69, 9.17) is 11.6 Å². The Bertz CT molecular complexity index is 576.